The molecule has 9 heteroatoms. The number of carbonyl (C=O) groups is 3. The molecule has 6 nitrogen and oxygen atoms in total. The van der Waals surface area contributed by atoms with Crippen molar-refractivity contribution in [2.75, 3.05) is 5.32 Å². The number of hydroxylamine groups is 2. The van der Waals surface area contributed by atoms with Gasteiger partial charge in [0, 0.05) is 18.5 Å². The molecule has 2 aromatic carbocycles. The first-order valence-electron chi connectivity index (χ1n) is 13.3. The molecular weight excluding hydrogens is 509 g/mol. The quantitative estimate of drug-likeness (QED) is 0.0969. The number of amides is 1. The van der Waals surface area contributed by atoms with Gasteiger partial charge >= 0.3 is 12.1 Å². The number of unbranched alkanes of at least 4 members (excludes halogenated alkanes) is 6. The van der Waals surface area contributed by atoms with E-state index in [2.05, 4.69) is 11.9 Å². The van der Waals surface area contributed by atoms with Crippen molar-refractivity contribution >= 4 is 23.3 Å². The van der Waals surface area contributed by atoms with Crippen molar-refractivity contribution in [2.45, 2.75) is 84.0 Å². The average molecular weight is 547 g/mol. The van der Waals surface area contributed by atoms with Gasteiger partial charge in [0.2, 0.25) is 11.7 Å². The van der Waals surface area contributed by atoms with Crippen LogP contribution in [0.25, 0.3) is 0 Å². The fourth-order valence-corrected chi connectivity index (χ4v) is 3.84. The molecule has 0 aliphatic heterocycles. The van der Waals surface area contributed by atoms with Gasteiger partial charge in [-0.05, 0) is 54.7 Å². The van der Waals surface area contributed by atoms with Crippen molar-refractivity contribution in [3.63, 3.8) is 0 Å². The Hall–Kier alpha value is -3.46. The van der Waals surface area contributed by atoms with Crippen molar-refractivity contribution in [1.29, 1.82) is 0 Å². The lowest BCUT2D eigenvalue weighted by Gasteiger charge is -2.21. The van der Waals surface area contributed by atoms with Crippen LogP contribution in [0.5, 0.6) is 0 Å². The molecule has 212 valence electrons. The number of Topliss-reactive ketones (excluding diaryl/α,β-unsaturated/α-hetero) is 1. The summed E-state index contributed by atoms with van der Waals surface area (Å²) in [6.07, 6.45) is 5.37. The van der Waals surface area contributed by atoms with Gasteiger partial charge in [0.25, 0.3) is 0 Å². The topological polar surface area (TPSA) is 75.7 Å². The second-order valence-electron chi connectivity index (χ2n) is 9.34. The van der Waals surface area contributed by atoms with Crippen LogP contribution >= 0.6 is 0 Å². The van der Waals surface area contributed by atoms with Gasteiger partial charge in [-0.15, -0.1) is 11.6 Å². The molecule has 0 radical (unpaired) electrons. The summed E-state index contributed by atoms with van der Waals surface area (Å²) in [7, 11) is 0. The molecule has 0 saturated heterocycles. The number of benzene rings is 2. The lowest BCUT2D eigenvalue weighted by atomic mass is 10.1. The SMILES string of the molecule is C=CCCCCCCCCC(=O)Nc1ccc(CN(Cc2ccc(C(F)(F)F)cc2)OC(=O)C(=O)CC)cc1. The van der Waals surface area contributed by atoms with Gasteiger partial charge in [0.15, 0.2) is 0 Å². The first-order chi connectivity index (χ1) is 18.6. The summed E-state index contributed by atoms with van der Waals surface area (Å²) in [5.41, 5.74) is 1.03. The number of allylic oxidation sites excluding steroid dienone is 1. The average Bonchev–Trinajstić information content (AvgIpc) is 2.90. The first kappa shape index (κ1) is 31.8. The molecule has 0 unspecified atom stereocenters. The number of hydrogen-bond acceptors (Lipinski definition) is 5. The highest BCUT2D eigenvalue weighted by atomic mass is 19.4. The maximum absolute atomic E-state index is 12.9. The molecule has 0 saturated carbocycles. The Morgan fingerprint density at radius 2 is 1.41 bits per heavy atom. The number of alkyl halides is 3. The van der Waals surface area contributed by atoms with Gasteiger partial charge in [-0.2, -0.15) is 13.2 Å². The minimum atomic E-state index is -4.46. The Morgan fingerprint density at radius 1 is 0.872 bits per heavy atom. The Kier molecular flexibility index (Phi) is 13.4. The zero-order chi connectivity index (χ0) is 28.7. The van der Waals surface area contributed by atoms with Gasteiger partial charge in [-0.1, -0.05) is 62.9 Å². The van der Waals surface area contributed by atoms with Gasteiger partial charge < -0.3 is 10.2 Å². The molecule has 0 spiro atoms. The van der Waals surface area contributed by atoms with Crippen LogP contribution in [-0.4, -0.2) is 22.7 Å². The third-order valence-electron chi connectivity index (χ3n) is 6.06. The maximum Gasteiger partial charge on any atom is 0.416 e. The predicted octanol–water partition coefficient (Wildman–Crippen LogP) is 7.39. The highest BCUT2D eigenvalue weighted by Gasteiger charge is 2.30. The van der Waals surface area contributed by atoms with E-state index in [1.165, 1.54) is 30.5 Å². The van der Waals surface area contributed by atoms with Crippen LogP contribution in [0, 0.1) is 0 Å². The van der Waals surface area contributed by atoms with E-state index in [-0.39, 0.29) is 25.4 Å². The maximum atomic E-state index is 12.9. The Balaban J connectivity index is 1.91. The number of anilines is 1. The summed E-state index contributed by atoms with van der Waals surface area (Å²) >= 11 is 0. The molecule has 0 atom stereocenters. The fraction of sp³-hybridized carbons (Fsp3) is 0.433. The molecule has 2 aromatic rings. The Labute approximate surface area is 228 Å². The van der Waals surface area contributed by atoms with E-state index in [0.29, 0.717) is 23.2 Å². The zero-order valence-electron chi connectivity index (χ0n) is 22.4. The van der Waals surface area contributed by atoms with Gasteiger partial charge in [0.05, 0.1) is 18.7 Å². The van der Waals surface area contributed by atoms with Crippen molar-refractivity contribution < 1.29 is 32.4 Å². The number of nitrogens with one attached hydrogen (secondary N) is 1. The third-order valence-corrected chi connectivity index (χ3v) is 6.06. The summed E-state index contributed by atoms with van der Waals surface area (Å²) < 4.78 is 38.6. The van der Waals surface area contributed by atoms with Crippen LogP contribution in [0.4, 0.5) is 18.9 Å². The molecule has 1 amide bonds. The summed E-state index contributed by atoms with van der Waals surface area (Å²) in [5.74, 6) is -1.81. The molecule has 0 aromatic heterocycles. The first-order valence-corrected chi connectivity index (χ1v) is 13.3. The molecule has 39 heavy (non-hydrogen) atoms. The van der Waals surface area contributed by atoms with Crippen LogP contribution in [0.2, 0.25) is 0 Å². The van der Waals surface area contributed by atoms with Crippen LogP contribution < -0.4 is 5.32 Å². The highest BCUT2D eigenvalue weighted by Crippen LogP contribution is 2.29. The van der Waals surface area contributed by atoms with Gasteiger partial charge in [0.1, 0.15) is 0 Å². The highest BCUT2D eigenvalue weighted by molar-refractivity contribution is 6.33. The molecule has 0 bridgehead atoms. The normalized spacial score (nSPS) is 11.3. The molecule has 0 fully saturated rings. The molecule has 0 heterocycles. The smallest absolute Gasteiger partial charge is 0.361 e. The van der Waals surface area contributed by atoms with Crippen LogP contribution in [-0.2, 0) is 38.5 Å². The van der Waals surface area contributed by atoms with E-state index in [1.807, 2.05) is 6.08 Å². The molecule has 0 aliphatic carbocycles. The Morgan fingerprint density at radius 3 is 1.95 bits per heavy atom. The minimum Gasteiger partial charge on any atom is -0.361 e. The Bertz CT molecular complexity index is 1070. The standard InChI is InChI=1S/C30H37F3N2O4/c1-3-5-6-7-8-9-10-11-12-28(37)34-26-19-15-24(16-20-26)22-35(39-29(38)27(36)4-2)21-23-13-17-25(18-14-23)30(31,32)33/h3,13-20H,1,4-12,21-22H2,2H3,(H,34,37). The number of hydrogen-bond donors (Lipinski definition) is 1. The number of carbonyl (C=O) groups excluding carboxylic acids is 3. The molecule has 1 N–H and O–H groups in total. The van der Waals surface area contributed by atoms with E-state index in [1.54, 1.807) is 24.3 Å². The van der Waals surface area contributed by atoms with E-state index in [9.17, 15) is 27.6 Å². The fourth-order valence-electron chi connectivity index (χ4n) is 3.84. The molecule has 0 aliphatic rings. The summed E-state index contributed by atoms with van der Waals surface area (Å²) in [4.78, 5) is 41.4. The number of rotatable bonds is 17. The summed E-state index contributed by atoms with van der Waals surface area (Å²) in [6.45, 7) is 5.32. The second-order valence-corrected chi connectivity index (χ2v) is 9.34. The van der Waals surface area contributed by atoms with E-state index in [4.69, 9.17) is 4.84 Å². The van der Waals surface area contributed by atoms with Crippen LogP contribution in [0.15, 0.2) is 61.2 Å². The number of nitrogens with zero attached hydrogens (tertiary/aromatic N) is 1. The van der Waals surface area contributed by atoms with E-state index >= 15 is 0 Å². The molecular formula is C30H37F3N2O4. The minimum absolute atomic E-state index is 0.0202. The summed E-state index contributed by atoms with van der Waals surface area (Å²) in [5, 5.41) is 4.09. The monoisotopic (exact) mass is 546 g/mol. The second kappa shape index (κ2) is 16.5. The van der Waals surface area contributed by atoms with Crippen molar-refractivity contribution in [3.05, 3.63) is 77.9 Å². The number of halogens is 3. The molecule has 2 rings (SSSR count). The van der Waals surface area contributed by atoms with Crippen molar-refractivity contribution in [1.82, 2.24) is 5.06 Å². The lowest BCUT2D eigenvalue weighted by Crippen LogP contribution is -2.30. The van der Waals surface area contributed by atoms with E-state index < -0.39 is 23.5 Å². The van der Waals surface area contributed by atoms with Crippen LogP contribution in [0.3, 0.4) is 0 Å². The van der Waals surface area contributed by atoms with Crippen LogP contribution in [0.1, 0.15) is 81.4 Å². The van der Waals surface area contributed by atoms with Crippen molar-refractivity contribution in [2.24, 2.45) is 0 Å². The van der Waals surface area contributed by atoms with E-state index in [0.717, 1.165) is 50.7 Å². The number of ketones is 1. The van der Waals surface area contributed by atoms with Gasteiger partial charge in [-0.3, -0.25) is 9.59 Å². The largest absolute Gasteiger partial charge is 0.416 e. The lowest BCUT2D eigenvalue weighted by molar-refractivity contribution is -0.197. The summed E-state index contributed by atoms with van der Waals surface area (Å²) in [6, 6.07) is 11.4. The third kappa shape index (κ3) is 12.3. The predicted molar refractivity (Wildman–Crippen MR) is 144 cm³/mol. The zero-order valence-corrected chi connectivity index (χ0v) is 22.4. The van der Waals surface area contributed by atoms with Crippen molar-refractivity contribution in [3.8, 4) is 0 Å². The van der Waals surface area contributed by atoms with Gasteiger partial charge in [-0.25, -0.2) is 4.79 Å².